The third-order valence-electron chi connectivity index (χ3n) is 5.49. The first kappa shape index (κ1) is 18.4. The molecule has 1 aliphatic heterocycles. The molecular formula is C23H26N4O. The topological polar surface area (TPSA) is 58.1 Å². The van der Waals surface area contributed by atoms with E-state index in [0.717, 1.165) is 35.7 Å². The highest BCUT2D eigenvalue weighted by Gasteiger charge is 2.19. The lowest BCUT2D eigenvalue weighted by Crippen LogP contribution is -2.34. The van der Waals surface area contributed by atoms with E-state index in [1.165, 1.54) is 25.7 Å². The monoisotopic (exact) mass is 374 g/mol. The molecule has 3 heterocycles. The number of hydrogen-bond acceptors (Lipinski definition) is 4. The van der Waals surface area contributed by atoms with E-state index < -0.39 is 0 Å². The molecule has 1 saturated heterocycles. The van der Waals surface area contributed by atoms with Crippen LogP contribution in [0.3, 0.4) is 0 Å². The van der Waals surface area contributed by atoms with Crippen molar-refractivity contribution in [3.8, 4) is 0 Å². The molecule has 0 radical (unpaired) electrons. The molecule has 0 spiro atoms. The molecule has 1 amide bonds. The van der Waals surface area contributed by atoms with Crippen LogP contribution < -0.4 is 10.2 Å². The van der Waals surface area contributed by atoms with Gasteiger partial charge in [0.05, 0.1) is 23.0 Å². The summed E-state index contributed by atoms with van der Waals surface area (Å²) in [5.41, 5.74) is 2.15. The highest BCUT2D eigenvalue weighted by molar-refractivity contribution is 6.04. The van der Waals surface area contributed by atoms with E-state index in [2.05, 4.69) is 27.1 Å². The Morgan fingerprint density at radius 1 is 1.11 bits per heavy atom. The minimum absolute atomic E-state index is 0.169. The molecular weight excluding hydrogens is 348 g/mol. The number of para-hydroxylation sites is 1. The standard InChI is InChI=1S/C23H26N4O/c1-2-5-17-10-12-27(13-11-17)22-9-8-19(15-25-22)23(28)26-20-14-18-6-3-4-7-21(18)24-16-20/h3-4,6-9,14-17H,2,5,10-13H2,1H3,(H,26,28). The molecule has 28 heavy (non-hydrogen) atoms. The molecule has 0 aliphatic carbocycles. The number of anilines is 2. The van der Waals surface area contributed by atoms with Crippen LogP contribution >= 0.6 is 0 Å². The Morgan fingerprint density at radius 3 is 2.68 bits per heavy atom. The second-order valence-corrected chi connectivity index (χ2v) is 7.49. The lowest BCUT2D eigenvalue weighted by atomic mass is 9.92. The minimum atomic E-state index is -0.169. The number of nitrogens with zero attached hydrogens (tertiary/aromatic N) is 3. The van der Waals surface area contributed by atoms with Crippen LogP contribution in [0.4, 0.5) is 11.5 Å². The number of benzene rings is 1. The van der Waals surface area contributed by atoms with Crippen molar-refractivity contribution in [3.05, 3.63) is 60.4 Å². The molecule has 1 aliphatic rings. The van der Waals surface area contributed by atoms with Crippen LogP contribution in [0.1, 0.15) is 43.0 Å². The van der Waals surface area contributed by atoms with Crippen molar-refractivity contribution in [2.45, 2.75) is 32.6 Å². The molecule has 0 saturated carbocycles. The Morgan fingerprint density at radius 2 is 1.93 bits per heavy atom. The molecule has 0 unspecified atom stereocenters. The number of fused-ring (bicyclic) bond motifs is 1. The van der Waals surface area contributed by atoms with E-state index in [1.54, 1.807) is 12.4 Å². The van der Waals surface area contributed by atoms with Crippen LogP contribution in [0.5, 0.6) is 0 Å². The van der Waals surface area contributed by atoms with Crippen molar-refractivity contribution in [1.29, 1.82) is 0 Å². The molecule has 2 aromatic heterocycles. The molecule has 5 nitrogen and oxygen atoms in total. The summed E-state index contributed by atoms with van der Waals surface area (Å²) in [4.78, 5) is 23.8. The summed E-state index contributed by atoms with van der Waals surface area (Å²) in [6, 6.07) is 13.6. The molecule has 144 valence electrons. The van der Waals surface area contributed by atoms with Crippen molar-refractivity contribution in [3.63, 3.8) is 0 Å². The lowest BCUT2D eigenvalue weighted by molar-refractivity contribution is 0.102. The zero-order chi connectivity index (χ0) is 19.3. The maximum Gasteiger partial charge on any atom is 0.257 e. The summed E-state index contributed by atoms with van der Waals surface area (Å²) in [7, 11) is 0. The van der Waals surface area contributed by atoms with E-state index in [0.29, 0.717) is 11.3 Å². The van der Waals surface area contributed by atoms with Crippen LogP contribution in [0.15, 0.2) is 54.9 Å². The van der Waals surface area contributed by atoms with Crippen LogP contribution in [-0.2, 0) is 0 Å². The zero-order valence-corrected chi connectivity index (χ0v) is 16.3. The number of pyridine rings is 2. The first-order chi connectivity index (χ1) is 13.7. The van der Waals surface area contributed by atoms with Gasteiger partial charge in [0, 0.05) is 24.7 Å². The van der Waals surface area contributed by atoms with Crippen molar-refractivity contribution < 1.29 is 4.79 Å². The van der Waals surface area contributed by atoms with Crippen LogP contribution in [-0.4, -0.2) is 29.0 Å². The van der Waals surface area contributed by atoms with Gasteiger partial charge in [-0.2, -0.15) is 0 Å². The van der Waals surface area contributed by atoms with Crippen molar-refractivity contribution >= 4 is 28.3 Å². The quantitative estimate of drug-likeness (QED) is 0.690. The number of piperidine rings is 1. The summed E-state index contributed by atoms with van der Waals surface area (Å²) >= 11 is 0. The lowest BCUT2D eigenvalue weighted by Gasteiger charge is -2.32. The number of nitrogens with one attached hydrogen (secondary N) is 1. The fourth-order valence-corrected chi connectivity index (χ4v) is 3.91. The van der Waals surface area contributed by atoms with Gasteiger partial charge in [-0.05, 0) is 43.0 Å². The Hall–Kier alpha value is -2.95. The van der Waals surface area contributed by atoms with Gasteiger partial charge in [-0.3, -0.25) is 9.78 Å². The van der Waals surface area contributed by atoms with Crippen LogP contribution in [0, 0.1) is 5.92 Å². The van der Waals surface area contributed by atoms with Gasteiger partial charge in [0.1, 0.15) is 5.82 Å². The van der Waals surface area contributed by atoms with Gasteiger partial charge in [0.25, 0.3) is 5.91 Å². The largest absolute Gasteiger partial charge is 0.357 e. The third kappa shape index (κ3) is 4.14. The van der Waals surface area contributed by atoms with Gasteiger partial charge in [-0.25, -0.2) is 4.98 Å². The summed E-state index contributed by atoms with van der Waals surface area (Å²) in [6.45, 7) is 4.35. The predicted molar refractivity (Wildman–Crippen MR) is 114 cm³/mol. The van der Waals surface area contributed by atoms with Gasteiger partial charge in [-0.15, -0.1) is 0 Å². The van der Waals surface area contributed by atoms with Crippen molar-refractivity contribution in [1.82, 2.24) is 9.97 Å². The Kier molecular flexibility index (Phi) is 5.51. The highest BCUT2D eigenvalue weighted by atomic mass is 16.1. The fourth-order valence-electron chi connectivity index (χ4n) is 3.91. The zero-order valence-electron chi connectivity index (χ0n) is 16.3. The Labute approximate surface area is 165 Å². The van der Waals surface area contributed by atoms with E-state index in [-0.39, 0.29) is 5.91 Å². The minimum Gasteiger partial charge on any atom is -0.357 e. The molecule has 5 heteroatoms. The van der Waals surface area contributed by atoms with Gasteiger partial charge >= 0.3 is 0 Å². The summed E-state index contributed by atoms with van der Waals surface area (Å²) < 4.78 is 0. The summed E-state index contributed by atoms with van der Waals surface area (Å²) in [5.74, 6) is 1.64. The number of hydrogen-bond donors (Lipinski definition) is 1. The van der Waals surface area contributed by atoms with E-state index in [9.17, 15) is 4.79 Å². The van der Waals surface area contributed by atoms with Gasteiger partial charge in [0.15, 0.2) is 0 Å². The molecule has 1 aromatic carbocycles. The van der Waals surface area contributed by atoms with Gasteiger partial charge < -0.3 is 10.2 Å². The fraction of sp³-hybridized carbons (Fsp3) is 0.348. The molecule has 0 atom stereocenters. The number of amides is 1. The first-order valence-corrected chi connectivity index (χ1v) is 10.1. The average molecular weight is 374 g/mol. The number of rotatable bonds is 5. The first-order valence-electron chi connectivity index (χ1n) is 10.1. The van der Waals surface area contributed by atoms with E-state index >= 15 is 0 Å². The molecule has 4 rings (SSSR count). The SMILES string of the molecule is CCCC1CCN(c2ccc(C(=O)Nc3cnc4ccccc4c3)cn2)CC1. The molecule has 3 aromatic rings. The predicted octanol–water partition coefficient (Wildman–Crippen LogP) is 4.90. The van der Waals surface area contributed by atoms with Gasteiger partial charge in [0.2, 0.25) is 0 Å². The average Bonchev–Trinajstić information content (AvgIpc) is 2.74. The van der Waals surface area contributed by atoms with E-state index in [1.807, 2.05) is 42.5 Å². The Bertz CT molecular complexity index is 946. The third-order valence-corrected chi connectivity index (χ3v) is 5.49. The Balaban J connectivity index is 1.39. The van der Waals surface area contributed by atoms with Crippen molar-refractivity contribution in [2.75, 3.05) is 23.3 Å². The second kappa shape index (κ2) is 8.38. The maximum atomic E-state index is 12.6. The van der Waals surface area contributed by atoms with Crippen LogP contribution in [0.2, 0.25) is 0 Å². The van der Waals surface area contributed by atoms with Gasteiger partial charge in [-0.1, -0.05) is 38.0 Å². The number of aromatic nitrogens is 2. The molecule has 1 fully saturated rings. The normalized spacial score (nSPS) is 15.0. The number of carbonyl (C=O) groups is 1. The van der Waals surface area contributed by atoms with E-state index in [4.69, 9.17) is 0 Å². The smallest absolute Gasteiger partial charge is 0.257 e. The summed E-state index contributed by atoms with van der Waals surface area (Å²) in [6.07, 6.45) is 8.39. The highest BCUT2D eigenvalue weighted by Crippen LogP contribution is 2.25. The van der Waals surface area contributed by atoms with Crippen LogP contribution in [0.25, 0.3) is 10.9 Å². The van der Waals surface area contributed by atoms with Crippen molar-refractivity contribution in [2.24, 2.45) is 5.92 Å². The molecule has 1 N–H and O–H groups in total. The second-order valence-electron chi connectivity index (χ2n) is 7.49. The number of carbonyl (C=O) groups excluding carboxylic acids is 1. The summed E-state index contributed by atoms with van der Waals surface area (Å²) in [5, 5.41) is 3.91. The molecule has 0 bridgehead atoms. The maximum absolute atomic E-state index is 12.6.